The Morgan fingerprint density at radius 1 is 1.26 bits per heavy atom. The Labute approximate surface area is 137 Å². The van der Waals surface area contributed by atoms with Gasteiger partial charge < -0.3 is 19.6 Å². The van der Waals surface area contributed by atoms with Crippen molar-refractivity contribution < 1.29 is 14.6 Å². The molecule has 0 spiro atoms. The second-order valence-corrected chi connectivity index (χ2v) is 6.69. The minimum Gasteiger partial charge on any atom is -0.492 e. The number of piperidine rings is 1. The summed E-state index contributed by atoms with van der Waals surface area (Å²) in [6.07, 6.45) is 3.54. The van der Waals surface area contributed by atoms with E-state index >= 15 is 0 Å². The van der Waals surface area contributed by atoms with Crippen LogP contribution < -0.4 is 4.74 Å². The number of benzene rings is 1. The molecule has 0 aromatic heterocycles. The molecule has 2 saturated heterocycles. The number of carboxylic acid groups (broad SMARTS) is 1. The number of hydrogen-bond donors (Lipinski definition) is 1. The normalized spacial score (nSPS) is 25.5. The third-order valence-electron chi connectivity index (χ3n) is 5.15. The number of likely N-dealkylation sites (tertiary alicyclic amines) is 2. The first kappa shape index (κ1) is 16.1. The standard InChI is InChI=1S/C18H26N2O3/c1-19-10-5-7-15(19)13-23-17-9-3-2-8-16(17)14-6-4-11-20(12-14)18(21)22/h2-3,8-9,14-15H,4-7,10-13H2,1H3,(H,21,22)/t14?,15-/m0/s1. The van der Waals surface area contributed by atoms with E-state index in [0.717, 1.165) is 30.7 Å². The number of carbonyl (C=O) groups is 1. The largest absolute Gasteiger partial charge is 0.492 e. The summed E-state index contributed by atoms with van der Waals surface area (Å²) < 4.78 is 6.13. The monoisotopic (exact) mass is 318 g/mol. The molecular formula is C18H26N2O3. The lowest BCUT2D eigenvalue weighted by atomic mass is 9.90. The van der Waals surface area contributed by atoms with Gasteiger partial charge in [-0.05, 0) is 50.9 Å². The van der Waals surface area contributed by atoms with Crippen LogP contribution in [0.25, 0.3) is 0 Å². The highest BCUT2D eigenvalue weighted by atomic mass is 16.5. The molecule has 0 radical (unpaired) electrons. The summed E-state index contributed by atoms with van der Waals surface area (Å²) in [5, 5.41) is 9.24. The molecule has 1 amide bonds. The lowest BCUT2D eigenvalue weighted by Crippen LogP contribution is -2.38. The number of rotatable bonds is 4. The van der Waals surface area contributed by atoms with E-state index in [0.29, 0.717) is 25.7 Å². The minimum atomic E-state index is -0.819. The van der Waals surface area contributed by atoms with E-state index in [1.54, 1.807) is 0 Å². The molecule has 1 N–H and O–H groups in total. The average Bonchev–Trinajstić information content (AvgIpc) is 2.98. The third-order valence-corrected chi connectivity index (χ3v) is 5.15. The van der Waals surface area contributed by atoms with Gasteiger partial charge in [-0.15, -0.1) is 0 Å². The van der Waals surface area contributed by atoms with Gasteiger partial charge in [-0.1, -0.05) is 18.2 Å². The van der Waals surface area contributed by atoms with E-state index in [2.05, 4.69) is 18.0 Å². The second-order valence-electron chi connectivity index (χ2n) is 6.69. The number of nitrogens with zero attached hydrogens (tertiary/aromatic N) is 2. The molecule has 0 bridgehead atoms. The van der Waals surface area contributed by atoms with E-state index in [1.165, 1.54) is 17.7 Å². The van der Waals surface area contributed by atoms with Crippen molar-refractivity contribution in [3.8, 4) is 5.75 Å². The van der Waals surface area contributed by atoms with Crippen LogP contribution in [0.4, 0.5) is 4.79 Å². The lowest BCUT2D eigenvalue weighted by molar-refractivity contribution is 0.129. The number of ether oxygens (including phenoxy) is 1. The van der Waals surface area contributed by atoms with Crippen LogP contribution in [0.1, 0.15) is 37.2 Å². The number of para-hydroxylation sites is 1. The summed E-state index contributed by atoms with van der Waals surface area (Å²) in [6.45, 7) is 3.06. The molecule has 2 aliphatic rings. The van der Waals surface area contributed by atoms with Crippen molar-refractivity contribution in [1.29, 1.82) is 0 Å². The molecule has 23 heavy (non-hydrogen) atoms. The number of amides is 1. The first-order valence-electron chi connectivity index (χ1n) is 8.55. The van der Waals surface area contributed by atoms with Gasteiger partial charge in [0.05, 0.1) is 0 Å². The number of likely N-dealkylation sites (N-methyl/N-ethyl adjacent to an activating group) is 1. The average molecular weight is 318 g/mol. The molecule has 126 valence electrons. The summed E-state index contributed by atoms with van der Waals surface area (Å²) in [4.78, 5) is 15.1. The van der Waals surface area contributed by atoms with Crippen LogP contribution in [-0.4, -0.2) is 60.3 Å². The van der Waals surface area contributed by atoms with Gasteiger partial charge >= 0.3 is 6.09 Å². The van der Waals surface area contributed by atoms with E-state index in [9.17, 15) is 9.90 Å². The fourth-order valence-electron chi connectivity index (χ4n) is 3.73. The molecular weight excluding hydrogens is 292 g/mol. The zero-order valence-electron chi connectivity index (χ0n) is 13.8. The highest BCUT2D eigenvalue weighted by molar-refractivity contribution is 5.65. The highest BCUT2D eigenvalue weighted by Crippen LogP contribution is 2.33. The van der Waals surface area contributed by atoms with Gasteiger partial charge in [-0.3, -0.25) is 0 Å². The fraction of sp³-hybridized carbons (Fsp3) is 0.611. The van der Waals surface area contributed by atoms with Gasteiger partial charge in [-0.2, -0.15) is 0 Å². The Balaban J connectivity index is 1.68. The highest BCUT2D eigenvalue weighted by Gasteiger charge is 2.27. The van der Waals surface area contributed by atoms with Crippen molar-refractivity contribution in [3.05, 3.63) is 29.8 Å². The smallest absolute Gasteiger partial charge is 0.407 e. The Bertz CT molecular complexity index is 549. The SMILES string of the molecule is CN1CCC[C@H]1COc1ccccc1C1CCCN(C(=O)O)C1. The topological polar surface area (TPSA) is 53.0 Å². The van der Waals surface area contributed by atoms with Crippen LogP contribution in [0.3, 0.4) is 0 Å². The Hall–Kier alpha value is -1.75. The van der Waals surface area contributed by atoms with Crippen molar-refractivity contribution in [1.82, 2.24) is 9.80 Å². The molecule has 1 aromatic rings. The summed E-state index contributed by atoms with van der Waals surface area (Å²) in [6, 6.07) is 8.61. The molecule has 2 atom stereocenters. The maximum Gasteiger partial charge on any atom is 0.407 e. The minimum absolute atomic E-state index is 0.234. The first-order valence-corrected chi connectivity index (χ1v) is 8.55. The van der Waals surface area contributed by atoms with Crippen LogP contribution in [0.2, 0.25) is 0 Å². The van der Waals surface area contributed by atoms with Crippen LogP contribution in [-0.2, 0) is 0 Å². The molecule has 5 nitrogen and oxygen atoms in total. The fourth-order valence-corrected chi connectivity index (χ4v) is 3.73. The maximum atomic E-state index is 11.2. The summed E-state index contributed by atoms with van der Waals surface area (Å²) in [5.41, 5.74) is 1.15. The molecule has 2 aliphatic heterocycles. The zero-order chi connectivity index (χ0) is 16.2. The molecule has 1 unspecified atom stereocenters. The molecule has 2 fully saturated rings. The number of hydrogen-bond acceptors (Lipinski definition) is 3. The summed E-state index contributed by atoms with van der Waals surface area (Å²) in [5.74, 6) is 1.15. The molecule has 5 heteroatoms. The quantitative estimate of drug-likeness (QED) is 0.927. The molecule has 0 saturated carbocycles. The van der Waals surface area contributed by atoms with Crippen LogP contribution in [0.15, 0.2) is 24.3 Å². The summed E-state index contributed by atoms with van der Waals surface area (Å²) in [7, 11) is 2.15. The van der Waals surface area contributed by atoms with E-state index in [1.807, 2.05) is 18.2 Å². The third kappa shape index (κ3) is 3.78. The molecule has 0 aliphatic carbocycles. The van der Waals surface area contributed by atoms with Crippen molar-refractivity contribution >= 4 is 6.09 Å². The van der Waals surface area contributed by atoms with Crippen molar-refractivity contribution in [2.45, 2.75) is 37.6 Å². The van der Waals surface area contributed by atoms with Crippen molar-refractivity contribution in [3.63, 3.8) is 0 Å². The molecule has 2 heterocycles. The Kier molecular flexibility index (Phi) is 5.06. The van der Waals surface area contributed by atoms with Gasteiger partial charge in [0, 0.05) is 25.0 Å². The maximum absolute atomic E-state index is 11.2. The van der Waals surface area contributed by atoms with E-state index < -0.39 is 6.09 Å². The molecule has 1 aromatic carbocycles. The predicted molar refractivity (Wildman–Crippen MR) is 89.2 cm³/mol. The van der Waals surface area contributed by atoms with Crippen LogP contribution in [0, 0.1) is 0 Å². The predicted octanol–water partition coefficient (Wildman–Crippen LogP) is 3.02. The van der Waals surface area contributed by atoms with E-state index in [4.69, 9.17) is 4.74 Å². The van der Waals surface area contributed by atoms with Gasteiger partial charge in [0.25, 0.3) is 0 Å². The molecule has 3 rings (SSSR count). The van der Waals surface area contributed by atoms with Gasteiger partial charge in [0.15, 0.2) is 0 Å². The Morgan fingerprint density at radius 2 is 2.04 bits per heavy atom. The van der Waals surface area contributed by atoms with Gasteiger partial charge in [0.1, 0.15) is 12.4 Å². The van der Waals surface area contributed by atoms with Crippen LogP contribution >= 0.6 is 0 Å². The second kappa shape index (κ2) is 7.21. The Morgan fingerprint density at radius 3 is 2.78 bits per heavy atom. The first-order chi connectivity index (χ1) is 11.1. The van der Waals surface area contributed by atoms with Crippen LogP contribution in [0.5, 0.6) is 5.75 Å². The van der Waals surface area contributed by atoms with Gasteiger partial charge in [-0.25, -0.2) is 4.79 Å². The van der Waals surface area contributed by atoms with Gasteiger partial charge in [0.2, 0.25) is 0 Å². The zero-order valence-corrected chi connectivity index (χ0v) is 13.8. The summed E-state index contributed by atoms with van der Waals surface area (Å²) >= 11 is 0. The van der Waals surface area contributed by atoms with Crippen molar-refractivity contribution in [2.75, 3.05) is 33.3 Å². The van der Waals surface area contributed by atoms with E-state index in [-0.39, 0.29) is 5.92 Å². The lowest BCUT2D eigenvalue weighted by Gasteiger charge is -2.32. The van der Waals surface area contributed by atoms with Crippen molar-refractivity contribution in [2.24, 2.45) is 0 Å².